The smallest absolute Gasteiger partial charge is 0.416 e. The molecule has 0 aliphatic rings. The Morgan fingerprint density at radius 2 is 1.86 bits per heavy atom. The number of carbonyl (C=O) groups excluding carboxylic acids is 1. The molecule has 0 aliphatic heterocycles. The van der Waals surface area contributed by atoms with Crippen LogP contribution in [-0.4, -0.2) is 21.6 Å². The number of carboxylic acids is 1. The summed E-state index contributed by atoms with van der Waals surface area (Å²) >= 11 is 0.744. The second-order valence-corrected chi connectivity index (χ2v) is 6.83. The van der Waals surface area contributed by atoms with E-state index in [9.17, 15) is 32.3 Å². The van der Waals surface area contributed by atoms with Crippen molar-refractivity contribution in [1.29, 1.82) is 0 Å². The van der Waals surface area contributed by atoms with Gasteiger partial charge in [0.2, 0.25) is 0 Å². The number of rotatable bonds is 3. The lowest BCUT2D eigenvalue weighted by molar-refractivity contribution is -0.140. The van der Waals surface area contributed by atoms with E-state index in [0.29, 0.717) is 6.07 Å². The lowest BCUT2D eigenvalue weighted by Gasteiger charge is -2.10. The number of nitrogens with zero attached hydrogens (tertiary/aromatic N) is 2. The SMILES string of the molecule is CC(C(=O)O)n1c(=NC(=O)c2cccc(C(F)(F)F)c2)sc2c(F)cccc21. The Labute approximate surface area is 159 Å². The molecule has 0 saturated carbocycles. The zero-order valence-electron chi connectivity index (χ0n) is 14.2. The number of benzene rings is 2. The molecule has 1 N–H and O–H groups in total. The quantitative estimate of drug-likeness (QED) is 0.654. The van der Waals surface area contributed by atoms with Crippen LogP contribution in [0, 0.1) is 5.82 Å². The average Bonchev–Trinajstić information content (AvgIpc) is 2.99. The molecule has 1 heterocycles. The monoisotopic (exact) mass is 412 g/mol. The standard InChI is InChI=1S/C18H12F4N2O3S/c1-9(16(26)27)24-13-7-3-6-12(19)14(13)28-17(24)23-15(25)10-4-2-5-11(8-10)18(20,21)22/h2-9H,1H3,(H,26,27). The highest BCUT2D eigenvalue weighted by Gasteiger charge is 2.31. The van der Waals surface area contributed by atoms with Crippen LogP contribution in [0.5, 0.6) is 0 Å². The highest BCUT2D eigenvalue weighted by molar-refractivity contribution is 7.16. The minimum absolute atomic E-state index is 0.0891. The molecule has 0 spiro atoms. The molecule has 1 aromatic heterocycles. The van der Waals surface area contributed by atoms with Crippen LogP contribution in [-0.2, 0) is 11.0 Å². The first-order valence-electron chi connectivity index (χ1n) is 7.88. The van der Waals surface area contributed by atoms with Gasteiger partial charge in [-0.3, -0.25) is 4.79 Å². The number of halogens is 4. The minimum atomic E-state index is -4.63. The number of thiazole rings is 1. The van der Waals surface area contributed by atoms with E-state index in [0.717, 1.165) is 28.0 Å². The fraction of sp³-hybridized carbons (Fsp3) is 0.167. The lowest BCUT2D eigenvalue weighted by atomic mass is 10.1. The van der Waals surface area contributed by atoms with Gasteiger partial charge in [0.25, 0.3) is 5.91 Å². The van der Waals surface area contributed by atoms with Crippen LogP contribution in [0.15, 0.2) is 47.5 Å². The van der Waals surface area contributed by atoms with E-state index in [1.165, 1.54) is 31.2 Å². The molecule has 146 valence electrons. The summed E-state index contributed by atoms with van der Waals surface area (Å²) in [5.74, 6) is -2.86. The minimum Gasteiger partial charge on any atom is -0.480 e. The van der Waals surface area contributed by atoms with Crippen LogP contribution in [0.1, 0.15) is 28.9 Å². The third-order valence-electron chi connectivity index (χ3n) is 3.98. The van der Waals surface area contributed by atoms with Gasteiger partial charge in [-0.15, -0.1) is 0 Å². The number of fused-ring (bicyclic) bond motifs is 1. The zero-order chi connectivity index (χ0) is 20.6. The third-order valence-corrected chi connectivity index (χ3v) is 5.06. The van der Waals surface area contributed by atoms with E-state index in [1.54, 1.807) is 0 Å². The van der Waals surface area contributed by atoms with Crippen molar-refractivity contribution in [3.63, 3.8) is 0 Å². The van der Waals surface area contributed by atoms with Crippen molar-refractivity contribution in [2.24, 2.45) is 4.99 Å². The molecule has 1 amide bonds. The summed E-state index contributed by atoms with van der Waals surface area (Å²) in [6.45, 7) is 1.33. The number of alkyl halides is 3. The number of aromatic nitrogens is 1. The van der Waals surface area contributed by atoms with Crippen LogP contribution in [0.2, 0.25) is 0 Å². The average molecular weight is 412 g/mol. The normalized spacial score (nSPS) is 13.7. The van der Waals surface area contributed by atoms with Gasteiger partial charge in [-0.25, -0.2) is 9.18 Å². The van der Waals surface area contributed by atoms with E-state index in [1.807, 2.05) is 0 Å². The molecule has 10 heteroatoms. The van der Waals surface area contributed by atoms with Gasteiger partial charge >= 0.3 is 12.1 Å². The Kier molecular flexibility index (Phi) is 5.07. The van der Waals surface area contributed by atoms with Crippen molar-refractivity contribution < 1.29 is 32.3 Å². The molecule has 0 saturated heterocycles. The van der Waals surface area contributed by atoms with Crippen LogP contribution in [0.4, 0.5) is 17.6 Å². The van der Waals surface area contributed by atoms with E-state index in [2.05, 4.69) is 4.99 Å². The highest BCUT2D eigenvalue weighted by atomic mass is 32.1. The van der Waals surface area contributed by atoms with Crippen LogP contribution in [0.3, 0.4) is 0 Å². The first-order valence-corrected chi connectivity index (χ1v) is 8.70. The molecular formula is C18H12F4N2O3S. The van der Waals surface area contributed by atoms with Gasteiger partial charge in [-0.2, -0.15) is 18.2 Å². The molecule has 0 radical (unpaired) electrons. The maximum absolute atomic E-state index is 14.1. The summed E-state index contributed by atoms with van der Waals surface area (Å²) < 4.78 is 53.9. The van der Waals surface area contributed by atoms with Gasteiger partial charge in [0.1, 0.15) is 11.9 Å². The number of carbonyl (C=O) groups is 2. The Hall–Kier alpha value is -3.01. The highest BCUT2D eigenvalue weighted by Crippen LogP contribution is 2.29. The molecule has 1 atom stereocenters. The first-order chi connectivity index (χ1) is 13.1. The Morgan fingerprint density at radius 1 is 1.18 bits per heavy atom. The summed E-state index contributed by atoms with van der Waals surface area (Å²) in [5.41, 5.74) is -1.11. The van der Waals surface area contributed by atoms with E-state index in [4.69, 9.17) is 0 Å². The maximum Gasteiger partial charge on any atom is 0.416 e. The molecule has 3 rings (SSSR count). The molecule has 0 fully saturated rings. The molecule has 28 heavy (non-hydrogen) atoms. The molecule has 0 bridgehead atoms. The molecule has 1 unspecified atom stereocenters. The van der Waals surface area contributed by atoms with Crippen molar-refractivity contribution in [3.05, 3.63) is 64.2 Å². The number of amides is 1. The van der Waals surface area contributed by atoms with Crippen molar-refractivity contribution in [1.82, 2.24) is 4.57 Å². The number of hydrogen-bond acceptors (Lipinski definition) is 3. The second-order valence-electron chi connectivity index (χ2n) is 5.85. The Morgan fingerprint density at radius 3 is 2.50 bits per heavy atom. The molecular weight excluding hydrogens is 400 g/mol. The molecule has 3 aromatic rings. The third kappa shape index (κ3) is 3.68. The summed E-state index contributed by atoms with van der Waals surface area (Å²) in [6.07, 6.45) is -4.63. The van der Waals surface area contributed by atoms with Crippen molar-refractivity contribution in [2.75, 3.05) is 0 Å². The Balaban J connectivity index is 2.19. The van der Waals surface area contributed by atoms with Crippen molar-refractivity contribution in [3.8, 4) is 0 Å². The van der Waals surface area contributed by atoms with Gasteiger partial charge < -0.3 is 9.67 Å². The zero-order valence-corrected chi connectivity index (χ0v) is 15.0. The topological polar surface area (TPSA) is 71.7 Å². The van der Waals surface area contributed by atoms with E-state index < -0.39 is 35.5 Å². The predicted molar refractivity (Wildman–Crippen MR) is 93.5 cm³/mol. The molecule has 5 nitrogen and oxygen atoms in total. The largest absolute Gasteiger partial charge is 0.480 e. The van der Waals surface area contributed by atoms with Gasteiger partial charge in [0.15, 0.2) is 4.80 Å². The fourth-order valence-corrected chi connectivity index (χ4v) is 3.68. The van der Waals surface area contributed by atoms with Gasteiger partial charge in [0, 0.05) is 5.56 Å². The Bertz CT molecular complexity index is 1150. The fourth-order valence-electron chi connectivity index (χ4n) is 2.57. The van der Waals surface area contributed by atoms with Crippen LogP contribution in [0.25, 0.3) is 10.2 Å². The summed E-state index contributed by atoms with van der Waals surface area (Å²) in [4.78, 5) is 27.5. The lowest BCUT2D eigenvalue weighted by Crippen LogP contribution is -2.25. The summed E-state index contributed by atoms with van der Waals surface area (Å²) in [7, 11) is 0. The molecule has 0 aliphatic carbocycles. The summed E-state index contributed by atoms with van der Waals surface area (Å²) in [6, 6.07) is 6.57. The first kappa shape index (κ1) is 19.7. The van der Waals surface area contributed by atoms with Gasteiger partial charge in [-0.1, -0.05) is 23.5 Å². The molecule has 2 aromatic carbocycles. The van der Waals surface area contributed by atoms with Crippen LogP contribution >= 0.6 is 11.3 Å². The van der Waals surface area contributed by atoms with Gasteiger partial charge in [0.05, 0.1) is 15.8 Å². The number of carboxylic acid groups (broad SMARTS) is 1. The number of hydrogen-bond donors (Lipinski definition) is 1. The van der Waals surface area contributed by atoms with Crippen molar-refractivity contribution >= 4 is 33.4 Å². The van der Waals surface area contributed by atoms with Crippen LogP contribution < -0.4 is 4.80 Å². The predicted octanol–water partition coefficient (Wildman–Crippen LogP) is 4.25. The van der Waals surface area contributed by atoms with Gasteiger partial charge in [-0.05, 0) is 37.3 Å². The number of aliphatic carboxylic acids is 1. The van der Waals surface area contributed by atoms with E-state index in [-0.39, 0.29) is 20.6 Å². The van der Waals surface area contributed by atoms with Crippen molar-refractivity contribution in [2.45, 2.75) is 19.1 Å². The maximum atomic E-state index is 14.1. The summed E-state index contributed by atoms with van der Waals surface area (Å²) in [5, 5.41) is 9.32. The second kappa shape index (κ2) is 7.19. The van der Waals surface area contributed by atoms with E-state index >= 15 is 0 Å².